The number of para-hydroxylation sites is 2. The predicted octanol–water partition coefficient (Wildman–Crippen LogP) is 21.2. The highest BCUT2D eigenvalue weighted by Crippen LogP contribution is 2.43. The van der Waals surface area contributed by atoms with E-state index in [1.54, 1.807) is 0 Å². The molecule has 2 nitrogen and oxygen atoms in total. The maximum absolute atomic E-state index is 2.44. The van der Waals surface area contributed by atoms with Crippen LogP contribution in [0.15, 0.2) is 327 Å². The van der Waals surface area contributed by atoms with Crippen LogP contribution >= 0.6 is 0 Å². The lowest BCUT2D eigenvalue weighted by molar-refractivity contribution is 0.840. The molecule has 0 saturated heterocycles. The van der Waals surface area contributed by atoms with E-state index in [-0.39, 0.29) is 5.92 Å². The number of nitrogens with zero attached hydrogens (tertiary/aromatic N) is 2. The molecule has 13 aromatic rings. The van der Waals surface area contributed by atoms with Crippen molar-refractivity contribution in [1.29, 1.82) is 0 Å². The van der Waals surface area contributed by atoms with Gasteiger partial charge in [0.25, 0.3) is 0 Å². The van der Waals surface area contributed by atoms with Crippen LogP contribution in [0.25, 0.3) is 105 Å². The Morgan fingerprint density at radius 1 is 0.312 bits per heavy atom. The Kier molecular flexibility index (Phi) is 12.8. The Labute approximate surface area is 468 Å². The molecule has 1 aromatic heterocycles. The number of fused-ring (bicyclic) bond motifs is 3. The van der Waals surface area contributed by atoms with E-state index in [0.29, 0.717) is 0 Å². The van der Waals surface area contributed by atoms with Gasteiger partial charge in [-0.05, 0) is 175 Å². The monoisotopic (exact) mass is 1020 g/mol. The van der Waals surface area contributed by atoms with Crippen molar-refractivity contribution in [2.75, 3.05) is 4.90 Å². The van der Waals surface area contributed by atoms with Gasteiger partial charge in [-0.25, -0.2) is 0 Å². The molecule has 0 bridgehead atoms. The van der Waals surface area contributed by atoms with Crippen molar-refractivity contribution < 1.29 is 0 Å². The first-order valence-corrected chi connectivity index (χ1v) is 27.7. The van der Waals surface area contributed by atoms with E-state index < -0.39 is 0 Å². The summed E-state index contributed by atoms with van der Waals surface area (Å²) in [4.78, 5) is 2.44. The summed E-state index contributed by atoms with van der Waals surface area (Å²) in [6, 6.07) is 111. The van der Waals surface area contributed by atoms with Gasteiger partial charge in [-0.2, -0.15) is 0 Å². The first-order chi connectivity index (χ1) is 39.6. The minimum atomic E-state index is 0.199. The topological polar surface area (TPSA) is 8.17 Å². The van der Waals surface area contributed by atoms with Crippen LogP contribution in [0.5, 0.6) is 0 Å². The van der Waals surface area contributed by atoms with E-state index in [2.05, 4.69) is 331 Å². The second-order valence-corrected chi connectivity index (χ2v) is 20.8. The molecular formula is C78H56N2. The number of aromatic nitrogens is 1. The Hall–Kier alpha value is -10.3. The molecule has 378 valence electrons. The molecule has 12 aromatic carbocycles. The second-order valence-electron chi connectivity index (χ2n) is 20.8. The van der Waals surface area contributed by atoms with E-state index >= 15 is 0 Å². The number of anilines is 2. The zero-order chi connectivity index (χ0) is 53.2. The van der Waals surface area contributed by atoms with Crippen LogP contribution in [0, 0.1) is 0 Å². The molecule has 0 spiro atoms. The largest absolute Gasteiger partial charge is 0.311 e. The minimum Gasteiger partial charge on any atom is -0.311 e. The minimum absolute atomic E-state index is 0.199. The Morgan fingerprint density at radius 3 is 1.31 bits per heavy atom. The fourth-order valence-corrected chi connectivity index (χ4v) is 11.9. The normalized spacial score (nSPS) is 13.1. The molecule has 0 fully saturated rings. The fraction of sp³-hybridized carbons (Fsp3) is 0.0256. The van der Waals surface area contributed by atoms with Gasteiger partial charge in [0, 0.05) is 39.4 Å². The zero-order valence-corrected chi connectivity index (χ0v) is 44.3. The van der Waals surface area contributed by atoms with E-state index in [4.69, 9.17) is 0 Å². The van der Waals surface area contributed by atoms with Gasteiger partial charge in [-0.15, -0.1) is 0 Å². The molecule has 0 radical (unpaired) electrons. The number of benzene rings is 12. The summed E-state index contributed by atoms with van der Waals surface area (Å²) in [7, 11) is 0. The quantitative estimate of drug-likeness (QED) is 0.118. The number of hydrogen-bond acceptors (Lipinski definition) is 1. The molecular weight excluding hydrogens is 965 g/mol. The summed E-state index contributed by atoms with van der Waals surface area (Å²) in [6.45, 7) is 0. The number of rotatable bonds is 12. The van der Waals surface area contributed by atoms with Crippen molar-refractivity contribution in [1.82, 2.24) is 4.57 Å². The molecule has 0 N–H and O–H groups in total. The molecule has 80 heavy (non-hydrogen) atoms. The molecule has 1 aliphatic carbocycles. The average molecular weight is 1020 g/mol. The van der Waals surface area contributed by atoms with Crippen molar-refractivity contribution in [3.05, 3.63) is 333 Å². The molecule has 0 aliphatic heterocycles. The third-order valence-corrected chi connectivity index (χ3v) is 15.9. The Balaban J connectivity index is 0.855. The maximum atomic E-state index is 2.44. The standard InChI is InChI=1S/C78H56N2/c1-6-21-55(22-7-1)64-48-65(56-23-8-2-9-24-56)51-68(50-64)59-39-43-71(44-40-59)79(72-45-41-60(42-46-72)69-52-66(57-25-10-3-11-26-57)49-67(53-69)58-27-12-4-13-28-58)73-34-19-30-62(54-73)61-29-18-31-63(47-61)74-36-20-38-77-78(74)75-35-16-17-37-76(75)80(77)70-32-14-5-15-33-70/h1-41,43-54,60H,42H2. The summed E-state index contributed by atoms with van der Waals surface area (Å²) in [6.07, 6.45) is 8.05. The van der Waals surface area contributed by atoms with Crippen LogP contribution in [0.1, 0.15) is 17.9 Å². The zero-order valence-electron chi connectivity index (χ0n) is 44.3. The third-order valence-electron chi connectivity index (χ3n) is 15.9. The van der Waals surface area contributed by atoms with Gasteiger partial charge in [0.05, 0.1) is 11.0 Å². The molecule has 2 heteroatoms. The van der Waals surface area contributed by atoms with Crippen LogP contribution in [0.4, 0.5) is 11.4 Å². The molecule has 0 amide bonds. The summed E-state index contributed by atoms with van der Waals surface area (Å²) in [5.41, 5.74) is 24.9. The lowest BCUT2D eigenvalue weighted by Gasteiger charge is -2.30. The van der Waals surface area contributed by atoms with E-state index in [1.807, 2.05) is 0 Å². The van der Waals surface area contributed by atoms with Crippen molar-refractivity contribution in [2.24, 2.45) is 0 Å². The van der Waals surface area contributed by atoms with Crippen LogP contribution in [-0.2, 0) is 0 Å². The van der Waals surface area contributed by atoms with Gasteiger partial charge < -0.3 is 9.47 Å². The van der Waals surface area contributed by atoms with Crippen molar-refractivity contribution in [2.45, 2.75) is 12.3 Å². The molecule has 14 rings (SSSR count). The molecule has 1 aliphatic rings. The Bertz CT molecular complexity index is 4290. The molecule has 1 atom stereocenters. The van der Waals surface area contributed by atoms with Gasteiger partial charge in [-0.1, -0.05) is 237 Å². The van der Waals surface area contributed by atoms with Gasteiger partial charge in [0.2, 0.25) is 0 Å². The van der Waals surface area contributed by atoms with Gasteiger partial charge in [0.1, 0.15) is 0 Å². The molecule has 1 unspecified atom stereocenters. The fourth-order valence-electron chi connectivity index (χ4n) is 11.9. The van der Waals surface area contributed by atoms with Gasteiger partial charge in [0.15, 0.2) is 0 Å². The predicted molar refractivity (Wildman–Crippen MR) is 338 cm³/mol. The highest BCUT2D eigenvalue weighted by Gasteiger charge is 2.22. The smallest absolute Gasteiger partial charge is 0.0547 e. The highest BCUT2D eigenvalue weighted by atomic mass is 15.1. The maximum Gasteiger partial charge on any atom is 0.0547 e. The summed E-state index contributed by atoms with van der Waals surface area (Å²) >= 11 is 0. The van der Waals surface area contributed by atoms with Crippen molar-refractivity contribution in [3.8, 4) is 83.6 Å². The third kappa shape index (κ3) is 9.44. The van der Waals surface area contributed by atoms with Gasteiger partial charge in [-0.3, -0.25) is 0 Å². The van der Waals surface area contributed by atoms with Crippen LogP contribution in [0.2, 0.25) is 0 Å². The highest BCUT2D eigenvalue weighted by molar-refractivity contribution is 6.16. The lowest BCUT2D eigenvalue weighted by atomic mass is 9.87. The van der Waals surface area contributed by atoms with Crippen LogP contribution < -0.4 is 4.90 Å². The van der Waals surface area contributed by atoms with Crippen LogP contribution in [-0.4, -0.2) is 4.57 Å². The summed E-state index contributed by atoms with van der Waals surface area (Å²) < 4.78 is 2.40. The first-order valence-electron chi connectivity index (χ1n) is 27.7. The van der Waals surface area contributed by atoms with Crippen LogP contribution in [0.3, 0.4) is 0 Å². The lowest BCUT2D eigenvalue weighted by Crippen LogP contribution is -2.17. The van der Waals surface area contributed by atoms with E-state index in [9.17, 15) is 0 Å². The number of allylic oxidation sites excluding steroid dienone is 3. The molecule has 0 saturated carbocycles. The summed E-state index contributed by atoms with van der Waals surface area (Å²) in [5, 5.41) is 2.50. The summed E-state index contributed by atoms with van der Waals surface area (Å²) in [5.74, 6) is 0.199. The van der Waals surface area contributed by atoms with Crippen molar-refractivity contribution in [3.63, 3.8) is 0 Å². The SMILES string of the molecule is C1=CC(c2cc(-c3ccccc3)cc(-c3ccccc3)c2)CC=C1N(c1ccc(-c2cc(-c3ccccc3)cc(-c3ccccc3)c2)cc1)c1cccc(-c2cccc(-c3cccc4c3c3ccccc3n4-c3ccccc3)c2)c1. The second kappa shape index (κ2) is 21.3. The van der Waals surface area contributed by atoms with Crippen molar-refractivity contribution >= 4 is 33.2 Å². The average Bonchev–Trinajstić information content (AvgIpc) is 4.07. The van der Waals surface area contributed by atoms with E-state index in [1.165, 1.54) is 88.6 Å². The first kappa shape index (κ1) is 48.1. The molecule has 1 heterocycles. The number of hydrogen-bond donors (Lipinski definition) is 0. The van der Waals surface area contributed by atoms with E-state index in [0.717, 1.165) is 45.9 Å². The van der Waals surface area contributed by atoms with Gasteiger partial charge >= 0.3 is 0 Å². The Morgan fingerprint density at radius 2 is 0.750 bits per heavy atom.